The first-order chi connectivity index (χ1) is 9.69. The van der Waals surface area contributed by atoms with Gasteiger partial charge in [0.1, 0.15) is 5.76 Å². The highest BCUT2D eigenvalue weighted by atomic mass is 16.3. The molecule has 3 rings (SSSR count). The van der Waals surface area contributed by atoms with Gasteiger partial charge in [-0.25, -0.2) is 0 Å². The van der Waals surface area contributed by atoms with E-state index in [1.807, 2.05) is 6.92 Å². The fourth-order valence-electron chi connectivity index (χ4n) is 2.85. The maximum absolute atomic E-state index is 12.6. The van der Waals surface area contributed by atoms with Crippen molar-refractivity contribution in [2.24, 2.45) is 0 Å². The molecule has 1 aliphatic rings. The quantitative estimate of drug-likeness (QED) is 0.729. The Labute approximate surface area is 117 Å². The number of rotatable bonds is 3. The van der Waals surface area contributed by atoms with Crippen LogP contribution in [0.1, 0.15) is 63.6 Å². The van der Waals surface area contributed by atoms with Crippen molar-refractivity contribution in [1.29, 1.82) is 0 Å². The number of aryl methyl sites for hydroxylation is 1. The summed E-state index contributed by atoms with van der Waals surface area (Å²) < 4.78 is 5.74. The fraction of sp³-hybridized carbons (Fsp3) is 0.294. The Hall–Kier alpha value is -2.16. The number of hydrogen-bond donors (Lipinski definition) is 0. The normalized spacial score (nSPS) is 13.3. The van der Waals surface area contributed by atoms with Crippen LogP contribution in [0.25, 0.3) is 0 Å². The Kier molecular flexibility index (Phi) is 3.05. The van der Waals surface area contributed by atoms with Crippen LogP contribution in [0, 0.1) is 0 Å². The number of hydrogen-bond acceptors (Lipinski definition) is 3. The predicted octanol–water partition coefficient (Wildman–Crippen LogP) is 3.57. The van der Waals surface area contributed by atoms with E-state index >= 15 is 0 Å². The van der Waals surface area contributed by atoms with E-state index in [1.54, 1.807) is 24.3 Å². The summed E-state index contributed by atoms with van der Waals surface area (Å²) in [7, 11) is 0. The van der Waals surface area contributed by atoms with Crippen molar-refractivity contribution >= 4 is 11.6 Å². The van der Waals surface area contributed by atoms with Crippen LogP contribution in [0.4, 0.5) is 0 Å². The van der Waals surface area contributed by atoms with Crippen molar-refractivity contribution in [1.82, 2.24) is 0 Å². The number of carbonyl (C=O) groups excluding carboxylic acids is 2. The molecule has 0 saturated carbocycles. The van der Waals surface area contributed by atoms with Crippen LogP contribution in [-0.2, 0) is 12.8 Å². The van der Waals surface area contributed by atoms with Crippen LogP contribution < -0.4 is 0 Å². The molecule has 1 aromatic carbocycles. The lowest BCUT2D eigenvalue weighted by Gasteiger charge is -2.13. The Balaban J connectivity index is 2.25. The molecular weight excluding hydrogens is 252 g/mol. The van der Waals surface area contributed by atoms with Gasteiger partial charge in [0, 0.05) is 23.1 Å². The van der Waals surface area contributed by atoms with Gasteiger partial charge in [-0.05, 0) is 12.8 Å². The second-order valence-corrected chi connectivity index (χ2v) is 5.02. The molecule has 0 fully saturated rings. The molecule has 0 atom stereocenters. The van der Waals surface area contributed by atoms with Crippen molar-refractivity contribution in [2.75, 3.05) is 0 Å². The van der Waals surface area contributed by atoms with Crippen molar-refractivity contribution < 1.29 is 14.0 Å². The zero-order valence-corrected chi connectivity index (χ0v) is 11.7. The maximum Gasteiger partial charge on any atom is 0.229 e. The van der Waals surface area contributed by atoms with E-state index in [2.05, 4.69) is 6.92 Å². The van der Waals surface area contributed by atoms with Gasteiger partial charge in [0.25, 0.3) is 0 Å². The van der Waals surface area contributed by atoms with Crippen LogP contribution >= 0.6 is 0 Å². The molecule has 0 spiro atoms. The van der Waals surface area contributed by atoms with Crippen molar-refractivity contribution in [3.8, 4) is 0 Å². The van der Waals surface area contributed by atoms with Gasteiger partial charge in [-0.15, -0.1) is 0 Å². The summed E-state index contributed by atoms with van der Waals surface area (Å²) in [6.07, 6.45) is 2.39. The minimum atomic E-state index is -0.174. The molecule has 0 N–H and O–H groups in total. The SMILES string of the molecule is CCCc1oc2c(c1CC)C(=O)c1ccccc1C2=O. The minimum absolute atomic E-state index is 0.0850. The van der Waals surface area contributed by atoms with Gasteiger partial charge in [-0.2, -0.15) is 0 Å². The maximum atomic E-state index is 12.6. The standard InChI is InChI=1S/C17H16O3/c1-3-7-13-10(4-2)14-15(18)11-8-5-6-9-12(11)16(19)17(14)20-13/h5-6,8-9H,3-4,7H2,1-2H3. The molecule has 0 radical (unpaired) electrons. The lowest BCUT2D eigenvalue weighted by atomic mass is 9.86. The third kappa shape index (κ3) is 1.66. The third-order valence-corrected chi connectivity index (χ3v) is 3.77. The highest BCUT2D eigenvalue weighted by Gasteiger charge is 2.36. The van der Waals surface area contributed by atoms with E-state index in [-0.39, 0.29) is 17.3 Å². The summed E-state index contributed by atoms with van der Waals surface area (Å²) in [5, 5.41) is 0. The van der Waals surface area contributed by atoms with Gasteiger partial charge in [0.05, 0.1) is 5.56 Å². The van der Waals surface area contributed by atoms with Gasteiger partial charge >= 0.3 is 0 Å². The molecule has 1 aliphatic carbocycles. The van der Waals surface area contributed by atoms with E-state index in [0.717, 1.165) is 24.2 Å². The summed E-state index contributed by atoms with van der Waals surface area (Å²) in [5.74, 6) is 0.758. The monoisotopic (exact) mass is 268 g/mol. The molecule has 0 saturated heterocycles. The second kappa shape index (κ2) is 4.75. The number of carbonyl (C=O) groups is 2. The lowest BCUT2D eigenvalue weighted by molar-refractivity contribution is 0.0959. The predicted molar refractivity (Wildman–Crippen MR) is 75.4 cm³/mol. The number of furan rings is 1. The Bertz CT molecular complexity index is 707. The summed E-state index contributed by atoms with van der Waals surface area (Å²) in [6.45, 7) is 4.04. The van der Waals surface area contributed by atoms with Crippen LogP contribution in [0.3, 0.4) is 0 Å². The highest BCUT2D eigenvalue weighted by molar-refractivity contribution is 6.28. The molecule has 1 aromatic heterocycles. The van der Waals surface area contributed by atoms with Gasteiger partial charge in [0.2, 0.25) is 5.78 Å². The van der Waals surface area contributed by atoms with Gasteiger partial charge in [-0.3, -0.25) is 9.59 Å². The van der Waals surface area contributed by atoms with Crippen LogP contribution in [-0.4, -0.2) is 11.6 Å². The van der Waals surface area contributed by atoms with E-state index < -0.39 is 0 Å². The first kappa shape index (κ1) is 12.9. The summed E-state index contributed by atoms with van der Waals surface area (Å²) in [5.41, 5.74) is 2.32. The zero-order chi connectivity index (χ0) is 14.3. The smallest absolute Gasteiger partial charge is 0.229 e. The van der Waals surface area contributed by atoms with Crippen molar-refractivity contribution in [2.45, 2.75) is 33.1 Å². The van der Waals surface area contributed by atoms with E-state index in [1.165, 1.54) is 0 Å². The third-order valence-electron chi connectivity index (χ3n) is 3.77. The number of ketones is 2. The minimum Gasteiger partial charge on any atom is -0.456 e. The topological polar surface area (TPSA) is 47.3 Å². The largest absolute Gasteiger partial charge is 0.456 e. The van der Waals surface area contributed by atoms with Crippen molar-refractivity contribution in [3.63, 3.8) is 0 Å². The zero-order valence-electron chi connectivity index (χ0n) is 11.7. The van der Waals surface area contributed by atoms with Crippen LogP contribution in [0.5, 0.6) is 0 Å². The molecule has 20 heavy (non-hydrogen) atoms. The molecule has 3 nitrogen and oxygen atoms in total. The lowest BCUT2D eigenvalue weighted by Crippen LogP contribution is -2.20. The Morgan fingerprint density at radius 2 is 1.65 bits per heavy atom. The van der Waals surface area contributed by atoms with Gasteiger partial charge in [-0.1, -0.05) is 38.1 Å². The summed E-state index contributed by atoms with van der Waals surface area (Å²) in [6, 6.07) is 6.95. The number of benzene rings is 1. The first-order valence-corrected chi connectivity index (χ1v) is 7.02. The molecule has 0 amide bonds. The molecule has 1 heterocycles. The molecule has 0 bridgehead atoms. The Morgan fingerprint density at radius 3 is 2.25 bits per heavy atom. The van der Waals surface area contributed by atoms with E-state index in [4.69, 9.17) is 4.42 Å². The number of fused-ring (bicyclic) bond motifs is 2. The van der Waals surface area contributed by atoms with Gasteiger partial charge in [0.15, 0.2) is 11.5 Å². The molecular formula is C17H16O3. The molecule has 2 aromatic rings. The van der Waals surface area contributed by atoms with Crippen molar-refractivity contribution in [3.05, 3.63) is 58.0 Å². The molecule has 0 unspecified atom stereocenters. The Morgan fingerprint density at radius 1 is 1.00 bits per heavy atom. The summed E-state index contributed by atoms with van der Waals surface area (Å²) in [4.78, 5) is 25.1. The van der Waals surface area contributed by atoms with Gasteiger partial charge < -0.3 is 4.42 Å². The second-order valence-electron chi connectivity index (χ2n) is 5.02. The average molecular weight is 268 g/mol. The molecule has 0 aliphatic heterocycles. The van der Waals surface area contributed by atoms with Crippen LogP contribution in [0.2, 0.25) is 0 Å². The average Bonchev–Trinajstić information content (AvgIpc) is 2.84. The molecule has 102 valence electrons. The fourth-order valence-corrected chi connectivity index (χ4v) is 2.85. The van der Waals surface area contributed by atoms with E-state index in [9.17, 15) is 9.59 Å². The van der Waals surface area contributed by atoms with E-state index in [0.29, 0.717) is 23.1 Å². The molecule has 3 heteroatoms. The first-order valence-electron chi connectivity index (χ1n) is 7.02. The van der Waals surface area contributed by atoms with Crippen LogP contribution in [0.15, 0.2) is 28.7 Å². The summed E-state index contributed by atoms with van der Waals surface area (Å²) >= 11 is 0. The highest BCUT2D eigenvalue weighted by Crippen LogP contribution is 2.34.